The third-order valence-corrected chi connectivity index (χ3v) is 6.29. The van der Waals surface area contributed by atoms with Crippen LogP contribution in [0.4, 0.5) is 0 Å². The minimum atomic E-state index is -0.377. The van der Waals surface area contributed by atoms with Crippen molar-refractivity contribution in [2.75, 3.05) is 0 Å². The maximum atomic E-state index is 12.6. The quantitative estimate of drug-likeness (QED) is 0.687. The molecule has 2 aromatic rings. The molecular formula is C17H22N4O2S2. The Kier molecular flexibility index (Phi) is 6.95. The number of carbonyl (C=O) groups is 2. The molecule has 2 heterocycles. The number of thioether (sulfide) groups is 1. The van der Waals surface area contributed by atoms with Crippen molar-refractivity contribution in [2.45, 2.75) is 43.3 Å². The van der Waals surface area contributed by atoms with Crippen molar-refractivity contribution in [3.63, 3.8) is 0 Å². The van der Waals surface area contributed by atoms with Gasteiger partial charge in [0.05, 0.1) is 17.4 Å². The maximum Gasteiger partial charge on any atom is 0.234 e. The van der Waals surface area contributed by atoms with Gasteiger partial charge >= 0.3 is 0 Å². The summed E-state index contributed by atoms with van der Waals surface area (Å²) in [5.41, 5.74) is 7.01. The number of aromatic nitrogens is 2. The monoisotopic (exact) mass is 378 g/mol. The summed E-state index contributed by atoms with van der Waals surface area (Å²) in [5.74, 6) is -0.270. The lowest BCUT2D eigenvalue weighted by atomic mass is 10.1. The van der Waals surface area contributed by atoms with Crippen molar-refractivity contribution in [3.05, 3.63) is 40.7 Å². The summed E-state index contributed by atoms with van der Waals surface area (Å²) in [6.45, 7) is 6.31. The van der Waals surface area contributed by atoms with Crippen LogP contribution in [0.15, 0.2) is 28.9 Å². The van der Waals surface area contributed by atoms with Gasteiger partial charge in [0.1, 0.15) is 0 Å². The van der Waals surface area contributed by atoms with Crippen molar-refractivity contribution >= 4 is 34.9 Å². The second-order valence-electron chi connectivity index (χ2n) is 5.99. The van der Waals surface area contributed by atoms with Gasteiger partial charge < -0.3 is 11.1 Å². The number of rotatable bonds is 8. The van der Waals surface area contributed by atoms with Crippen LogP contribution < -0.4 is 11.1 Å². The van der Waals surface area contributed by atoms with Gasteiger partial charge in [-0.3, -0.25) is 14.6 Å². The highest BCUT2D eigenvalue weighted by molar-refractivity contribution is 8.02. The number of nitrogens with zero attached hydrogens (tertiary/aromatic N) is 2. The highest BCUT2D eigenvalue weighted by Crippen LogP contribution is 2.33. The zero-order valence-electron chi connectivity index (χ0n) is 14.5. The number of nitrogens with one attached hydrogen (secondary N) is 1. The lowest BCUT2D eigenvalue weighted by molar-refractivity contribution is -0.121. The first-order valence-corrected chi connectivity index (χ1v) is 9.64. The van der Waals surface area contributed by atoms with Gasteiger partial charge in [0, 0.05) is 23.8 Å². The largest absolute Gasteiger partial charge is 0.369 e. The van der Waals surface area contributed by atoms with Gasteiger partial charge in [0.2, 0.25) is 11.8 Å². The Morgan fingerprint density at radius 3 is 2.76 bits per heavy atom. The molecule has 8 heteroatoms. The van der Waals surface area contributed by atoms with E-state index in [1.54, 1.807) is 12.4 Å². The fourth-order valence-corrected chi connectivity index (χ4v) is 4.64. The predicted molar refractivity (Wildman–Crippen MR) is 100 cm³/mol. The average Bonchev–Trinajstić information content (AvgIpc) is 2.90. The summed E-state index contributed by atoms with van der Waals surface area (Å²) in [7, 11) is 0. The lowest BCUT2D eigenvalue weighted by Crippen LogP contribution is -2.35. The van der Waals surface area contributed by atoms with Crippen molar-refractivity contribution in [2.24, 2.45) is 11.7 Å². The van der Waals surface area contributed by atoms with Gasteiger partial charge in [-0.2, -0.15) is 0 Å². The third kappa shape index (κ3) is 5.82. The Morgan fingerprint density at radius 1 is 1.40 bits per heavy atom. The zero-order chi connectivity index (χ0) is 18.4. The van der Waals surface area contributed by atoms with E-state index in [2.05, 4.69) is 15.3 Å². The smallest absolute Gasteiger partial charge is 0.234 e. The van der Waals surface area contributed by atoms with Crippen LogP contribution in [-0.4, -0.2) is 27.0 Å². The Labute approximate surface area is 155 Å². The first-order valence-electron chi connectivity index (χ1n) is 7.94. The van der Waals surface area contributed by atoms with Gasteiger partial charge in [-0.1, -0.05) is 31.7 Å². The van der Waals surface area contributed by atoms with Gasteiger partial charge in [-0.05, 0) is 24.5 Å². The first kappa shape index (κ1) is 19.4. The molecule has 0 bridgehead atoms. The van der Waals surface area contributed by atoms with Crippen molar-refractivity contribution in [1.82, 2.24) is 15.3 Å². The summed E-state index contributed by atoms with van der Waals surface area (Å²) in [6.07, 6.45) is 3.62. The van der Waals surface area contributed by atoms with Crippen LogP contribution in [0.5, 0.6) is 0 Å². The summed E-state index contributed by atoms with van der Waals surface area (Å²) < 4.78 is 0.781. The van der Waals surface area contributed by atoms with E-state index in [1.807, 2.05) is 32.9 Å². The van der Waals surface area contributed by atoms with E-state index in [0.717, 1.165) is 20.5 Å². The van der Waals surface area contributed by atoms with E-state index in [-0.39, 0.29) is 29.4 Å². The van der Waals surface area contributed by atoms with Gasteiger partial charge in [0.15, 0.2) is 4.34 Å². The number of amides is 2. The maximum absolute atomic E-state index is 12.6. The molecule has 0 fully saturated rings. The Bertz CT molecular complexity index is 732. The Hall–Kier alpha value is -1.93. The van der Waals surface area contributed by atoms with Gasteiger partial charge in [-0.15, -0.1) is 11.3 Å². The highest BCUT2D eigenvalue weighted by Gasteiger charge is 2.25. The molecule has 3 N–H and O–H groups in total. The van der Waals surface area contributed by atoms with E-state index in [4.69, 9.17) is 5.73 Å². The second kappa shape index (κ2) is 8.96. The molecule has 0 radical (unpaired) electrons. The SMILES string of the molecule is Cc1nc(S[C@@H](C(=O)NCc2cccnc2)C(C)C)sc1CC(N)=O. The van der Waals surface area contributed by atoms with E-state index >= 15 is 0 Å². The molecule has 6 nitrogen and oxygen atoms in total. The number of nitrogens with two attached hydrogens (primary N) is 1. The molecule has 134 valence electrons. The number of primary amides is 1. The predicted octanol–water partition coefficient (Wildman–Crippen LogP) is 2.31. The van der Waals surface area contributed by atoms with Crippen LogP contribution in [0.3, 0.4) is 0 Å². The van der Waals surface area contributed by atoms with E-state index in [1.165, 1.54) is 23.1 Å². The van der Waals surface area contributed by atoms with Gasteiger partial charge in [-0.25, -0.2) is 4.98 Å². The number of aryl methyl sites for hydroxylation is 1. The van der Waals surface area contributed by atoms with Crippen LogP contribution >= 0.6 is 23.1 Å². The van der Waals surface area contributed by atoms with Crippen molar-refractivity contribution in [3.8, 4) is 0 Å². The fraction of sp³-hybridized carbons (Fsp3) is 0.412. The van der Waals surface area contributed by atoms with E-state index in [0.29, 0.717) is 6.54 Å². The molecule has 2 aromatic heterocycles. The molecule has 0 spiro atoms. The van der Waals surface area contributed by atoms with Crippen LogP contribution in [0.1, 0.15) is 30.0 Å². The molecular weight excluding hydrogens is 356 g/mol. The summed E-state index contributed by atoms with van der Waals surface area (Å²) >= 11 is 2.86. The molecule has 0 saturated carbocycles. The highest BCUT2D eigenvalue weighted by atomic mass is 32.2. The summed E-state index contributed by atoms with van der Waals surface area (Å²) in [4.78, 5) is 33.1. The molecule has 0 aliphatic rings. The minimum Gasteiger partial charge on any atom is -0.369 e. The number of hydrogen-bond acceptors (Lipinski definition) is 6. The van der Waals surface area contributed by atoms with Crippen molar-refractivity contribution in [1.29, 1.82) is 0 Å². The summed E-state index contributed by atoms with van der Waals surface area (Å²) in [6, 6.07) is 3.76. The molecule has 0 aliphatic carbocycles. The third-order valence-electron chi connectivity index (χ3n) is 3.49. The zero-order valence-corrected chi connectivity index (χ0v) is 16.1. The number of thiazole rings is 1. The Balaban J connectivity index is 2.02. The van der Waals surface area contributed by atoms with Crippen LogP contribution in [0.2, 0.25) is 0 Å². The van der Waals surface area contributed by atoms with Crippen molar-refractivity contribution < 1.29 is 9.59 Å². The normalized spacial score (nSPS) is 12.2. The minimum absolute atomic E-state index is 0.0341. The molecule has 0 aliphatic heterocycles. The standard InChI is InChI=1S/C17H22N4O2S2/c1-10(2)15(16(23)20-9-12-5-4-6-19-8-12)25-17-21-11(3)13(24-17)7-14(18)22/h4-6,8,10,15H,7,9H2,1-3H3,(H2,18,22)(H,20,23)/t15-/m1/s1. The van der Waals surface area contributed by atoms with Crippen LogP contribution in [0, 0.1) is 12.8 Å². The molecule has 2 rings (SSSR count). The lowest BCUT2D eigenvalue weighted by Gasteiger charge is -2.18. The average molecular weight is 379 g/mol. The molecule has 0 aromatic carbocycles. The number of carbonyl (C=O) groups excluding carboxylic acids is 2. The van der Waals surface area contributed by atoms with Crippen LogP contribution in [0.25, 0.3) is 0 Å². The topological polar surface area (TPSA) is 98.0 Å². The molecule has 0 unspecified atom stereocenters. The second-order valence-corrected chi connectivity index (χ2v) is 8.47. The Morgan fingerprint density at radius 2 is 2.16 bits per heavy atom. The number of pyridine rings is 1. The van der Waals surface area contributed by atoms with Crippen LogP contribution in [-0.2, 0) is 22.6 Å². The molecule has 2 amide bonds. The fourth-order valence-electron chi connectivity index (χ4n) is 2.17. The molecule has 0 saturated heterocycles. The van der Waals surface area contributed by atoms with E-state index < -0.39 is 0 Å². The number of hydrogen-bond donors (Lipinski definition) is 2. The molecule has 25 heavy (non-hydrogen) atoms. The van der Waals surface area contributed by atoms with Gasteiger partial charge in [0.25, 0.3) is 0 Å². The first-order chi connectivity index (χ1) is 11.9. The molecule has 1 atom stereocenters. The van der Waals surface area contributed by atoms with E-state index in [9.17, 15) is 9.59 Å². The summed E-state index contributed by atoms with van der Waals surface area (Å²) in [5, 5.41) is 2.70.